The van der Waals surface area contributed by atoms with E-state index >= 15 is 0 Å². The molecule has 7 nitrogen and oxygen atoms in total. The van der Waals surface area contributed by atoms with E-state index in [0.29, 0.717) is 26.1 Å². The van der Waals surface area contributed by atoms with Gasteiger partial charge in [-0.05, 0) is 34.1 Å². The lowest BCUT2D eigenvalue weighted by molar-refractivity contribution is -0.145. The molecule has 0 aromatic carbocycles. The number of carbonyl (C=O) groups excluding carboxylic acids is 2. The molecule has 2 unspecified atom stereocenters. The zero-order valence-electron chi connectivity index (χ0n) is 14.2. The van der Waals surface area contributed by atoms with Gasteiger partial charge in [-0.2, -0.15) is 0 Å². The Morgan fingerprint density at radius 2 is 2.05 bits per heavy atom. The lowest BCUT2D eigenvalue weighted by Gasteiger charge is -2.42. The first-order valence-electron chi connectivity index (χ1n) is 7.61. The summed E-state index contributed by atoms with van der Waals surface area (Å²) < 4.78 is 10.5. The van der Waals surface area contributed by atoms with Gasteiger partial charge in [0.05, 0.1) is 12.6 Å². The third-order valence-corrected chi connectivity index (χ3v) is 3.58. The van der Waals surface area contributed by atoms with E-state index in [1.165, 1.54) is 4.90 Å². The monoisotopic (exact) mass is 316 g/mol. The zero-order chi connectivity index (χ0) is 16.9. The van der Waals surface area contributed by atoms with E-state index < -0.39 is 17.7 Å². The molecule has 1 rings (SSSR count). The van der Waals surface area contributed by atoms with Crippen LogP contribution in [-0.2, 0) is 14.3 Å². The van der Waals surface area contributed by atoms with Crippen molar-refractivity contribution in [3.8, 4) is 0 Å². The third-order valence-electron chi connectivity index (χ3n) is 3.58. The van der Waals surface area contributed by atoms with Gasteiger partial charge in [0.15, 0.2) is 0 Å². The molecule has 0 saturated carbocycles. The van der Waals surface area contributed by atoms with Gasteiger partial charge in [0, 0.05) is 26.8 Å². The van der Waals surface area contributed by atoms with Crippen LogP contribution in [0.2, 0.25) is 0 Å². The number of aliphatic hydroxyl groups is 1. The Hall–Kier alpha value is -1.34. The third kappa shape index (κ3) is 4.84. The number of piperazine rings is 1. The summed E-state index contributed by atoms with van der Waals surface area (Å²) >= 11 is 0. The molecule has 0 radical (unpaired) electrons. The van der Waals surface area contributed by atoms with E-state index in [2.05, 4.69) is 0 Å². The largest absolute Gasteiger partial charge is 0.444 e. The normalized spacial score (nSPS) is 21.0. The Balaban J connectivity index is 2.75. The summed E-state index contributed by atoms with van der Waals surface area (Å²) in [6, 6.07) is -0.757. The fraction of sp³-hybridized carbons (Fsp3) is 0.867. The van der Waals surface area contributed by atoms with Gasteiger partial charge in [-0.25, -0.2) is 4.79 Å². The van der Waals surface area contributed by atoms with Gasteiger partial charge in [-0.15, -0.1) is 0 Å². The average molecular weight is 316 g/mol. The predicted octanol–water partition coefficient (Wildman–Crippen LogP) is 0.852. The molecule has 0 aliphatic carbocycles. The summed E-state index contributed by atoms with van der Waals surface area (Å²) in [7, 11) is 1.56. The summed E-state index contributed by atoms with van der Waals surface area (Å²) in [4.78, 5) is 27.8. The van der Waals surface area contributed by atoms with E-state index in [0.717, 1.165) is 0 Å². The molecule has 1 N–H and O–H groups in total. The second-order valence-electron chi connectivity index (χ2n) is 6.50. The van der Waals surface area contributed by atoms with Crippen LogP contribution >= 0.6 is 0 Å². The molecule has 22 heavy (non-hydrogen) atoms. The minimum atomic E-state index is -0.591. The molecule has 128 valence electrons. The summed E-state index contributed by atoms with van der Waals surface area (Å²) in [6.45, 7) is 8.26. The first kappa shape index (κ1) is 18.7. The van der Waals surface area contributed by atoms with Crippen molar-refractivity contribution in [3.05, 3.63) is 0 Å². The van der Waals surface area contributed by atoms with Crippen LogP contribution in [0.5, 0.6) is 0 Å². The maximum absolute atomic E-state index is 12.5. The van der Waals surface area contributed by atoms with Crippen molar-refractivity contribution in [1.82, 2.24) is 9.80 Å². The van der Waals surface area contributed by atoms with Crippen LogP contribution < -0.4 is 0 Å². The van der Waals surface area contributed by atoms with Crippen molar-refractivity contribution >= 4 is 12.0 Å². The van der Waals surface area contributed by atoms with Crippen molar-refractivity contribution in [2.45, 2.75) is 51.8 Å². The summed E-state index contributed by atoms with van der Waals surface area (Å²) in [5, 5.41) is 9.14. The smallest absolute Gasteiger partial charge is 0.411 e. The lowest BCUT2D eigenvalue weighted by Crippen LogP contribution is -2.61. The van der Waals surface area contributed by atoms with Crippen molar-refractivity contribution < 1.29 is 24.2 Å². The molecule has 0 aromatic heterocycles. The number of carbonyl (C=O) groups is 2. The van der Waals surface area contributed by atoms with Gasteiger partial charge < -0.3 is 19.5 Å². The van der Waals surface area contributed by atoms with Crippen molar-refractivity contribution in [3.63, 3.8) is 0 Å². The molecule has 1 heterocycles. The van der Waals surface area contributed by atoms with Gasteiger partial charge >= 0.3 is 6.09 Å². The Labute approximate surface area is 132 Å². The van der Waals surface area contributed by atoms with E-state index in [4.69, 9.17) is 14.6 Å². The molecule has 1 aliphatic rings. The Kier molecular flexibility index (Phi) is 6.62. The number of methoxy groups -OCH3 is 1. The zero-order valence-corrected chi connectivity index (χ0v) is 14.2. The number of nitrogens with zero attached hydrogens (tertiary/aromatic N) is 2. The highest BCUT2D eigenvalue weighted by atomic mass is 16.6. The van der Waals surface area contributed by atoms with Gasteiger partial charge in [-0.3, -0.25) is 9.69 Å². The number of hydrogen-bond donors (Lipinski definition) is 1. The van der Waals surface area contributed by atoms with Gasteiger partial charge in [0.25, 0.3) is 0 Å². The van der Waals surface area contributed by atoms with Gasteiger partial charge in [0.1, 0.15) is 11.6 Å². The highest BCUT2D eigenvalue weighted by Crippen LogP contribution is 2.19. The van der Waals surface area contributed by atoms with Crippen LogP contribution in [0.25, 0.3) is 0 Å². The standard InChI is InChI=1S/C15H28N2O5/c1-11-13(19)17(12(6-9-18)10-21-5)8-7-16(11)14(20)22-15(2,3)4/h11-12,18H,6-10H2,1-5H3. The molecule has 0 spiro atoms. The minimum absolute atomic E-state index is 0.0119. The minimum Gasteiger partial charge on any atom is -0.444 e. The van der Waals surface area contributed by atoms with E-state index in [1.807, 2.05) is 0 Å². The van der Waals surface area contributed by atoms with Crippen LogP contribution in [0.1, 0.15) is 34.1 Å². The Morgan fingerprint density at radius 1 is 1.41 bits per heavy atom. The first-order valence-corrected chi connectivity index (χ1v) is 7.61. The molecule has 1 fully saturated rings. The fourth-order valence-corrected chi connectivity index (χ4v) is 2.50. The summed E-state index contributed by atoms with van der Waals surface area (Å²) in [6.07, 6.45) is -0.0166. The van der Waals surface area contributed by atoms with Crippen molar-refractivity contribution in [1.29, 1.82) is 0 Å². The van der Waals surface area contributed by atoms with Crippen molar-refractivity contribution in [2.75, 3.05) is 33.4 Å². The maximum atomic E-state index is 12.5. The van der Waals surface area contributed by atoms with Crippen LogP contribution in [-0.4, -0.2) is 78.0 Å². The number of aliphatic hydroxyl groups excluding tert-OH is 1. The number of amides is 2. The molecule has 2 amide bonds. The van der Waals surface area contributed by atoms with E-state index in [1.54, 1.807) is 39.7 Å². The van der Waals surface area contributed by atoms with E-state index in [-0.39, 0.29) is 18.6 Å². The molecule has 0 aromatic rings. The number of hydrogen-bond acceptors (Lipinski definition) is 5. The quantitative estimate of drug-likeness (QED) is 0.813. The first-order chi connectivity index (χ1) is 10.2. The Morgan fingerprint density at radius 3 is 2.55 bits per heavy atom. The van der Waals surface area contributed by atoms with Gasteiger partial charge in [-0.1, -0.05) is 0 Å². The second-order valence-corrected chi connectivity index (χ2v) is 6.50. The highest BCUT2D eigenvalue weighted by molar-refractivity contribution is 5.86. The number of ether oxygens (including phenoxy) is 2. The molecular formula is C15H28N2O5. The van der Waals surface area contributed by atoms with Crippen LogP contribution in [0.4, 0.5) is 4.79 Å². The highest BCUT2D eigenvalue weighted by Gasteiger charge is 2.38. The summed E-state index contributed by atoms with van der Waals surface area (Å²) in [5.74, 6) is -0.146. The molecule has 7 heteroatoms. The molecule has 1 saturated heterocycles. The topological polar surface area (TPSA) is 79.3 Å². The van der Waals surface area contributed by atoms with Gasteiger partial charge in [0.2, 0.25) is 5.91 Å². The lowest BCUT2D eigenvalue weighted by atomic mass is 10.1. The van der Waals surface area contributed by atoms with Crippen LogP contribution in [0, 0.1) is 0 Å². The van der Waals surface area contributed by atoms with Crippen molar-refractivity contribution in [2.24, 2.45) is 0 Å². The second kappa shape index (κ2) is 7.78. The SMILES string of the molecule is COCC(CCO)N1CCN(C(=O)OC(C)(C)C)C(C)C1=O. The molecular weight excluding hydrogens is 288 g/mol. The average Bonchev–Trinajstić information content (AvgIpc) is 2.39. The molecule has 1 aliphatic heterocycles. The van der Waals surface area contributed by atoms with E-state index in [9.17, 15) is 9.59 Å². The van der Waals surface area contributed by atoms with Crippen LogP contribution in [0.15, 0.2) is 0 Å². The van der Waals surface area contributed by atoms with Crippen LogP contribution in [0.3, 0.4) is 0 Å². The summed E-state index contributed by atoms with van der Waals surface area (Å²) in [5.41, 5.74) is -0.591. The number of rotatable bonds is 5. The molecule has 0 bridgehead atoms. The molecule has 2 atom stereocenters. The Bertz CT molecular complexity index is 388. The maximum Gasteiger partial charge on any atom is 0.411 e. The fourth-order valence-electron chi connectivity index (χ4n) is 2.50. The predicted molar refractivity (Wildman–Crippen MR) is 81.5 cm³/mol.